The van der Waals surface area contributed by atoms with E-state index >= 15 is 0 Å². The Bertz CT molecular complexity index is 413. The van der Waals surface area contributed by atoms with E-state index in [4.69, 9.17) is 0 Å². The molecular formula is C11H14Br2N4. The molecule has 0 fully saturated rings. The van der Waals surface area contributed by atoms with E-state index in [9.17, 15) is 0 Å². The van der Waals surface area contributed by atoms with Gasteiger partial charge in [0.25, 0.3) is 0 Å². The van der Waals surface area contributed by atoms with Crippen LogP contribution < -0.4 is 5.32 Å². The van der Waals surface area contributed by atoms with E-state index in [-0.39, 0.29) is 0 Å². The Morgan fingerprint density at radius 3 is 2.71 bits per heavy atom. The number of aromatic nitrogens is 1. The maximum absolute atomic E-state index is 4.47. The predicted molar refractivity (Wildman–Crippen MR) is 76.0 cm³/mol. The quantitative estimate of drug-likeness (QED) is 0.879. The van der Waals surface area contributed by atoms with Gasteiger partial charge in [0.2, 0.25) is 0 Å². The second kappa shape index (κ2) is 5.82. The molecule has 4 nitrogen and oxygen atoms in total. The first kappa shape index (κ1) is 12.8. The minimum Gasteiger partial charge on any atom is -0.352 e. The van der Waals surface area contributed by atoms with Crippen molar-refractivity contribution in [3.8, 4) is 0 Å². The van der Waals surface area contributed by atoms with E-state index in [0.717, 1.165) is 46.5 Å². The predicted octanol–water partition coefficient (Wildman–Crippen LogP) is 2.39. The third-order valence-corrected chi connectivity index (χ3v) is 4.02. The molecule has 6 heteroatoms. The summed E-state index contributed by atoms with van der Waals surface area (Å²) in [7, 11) is 2.06. The van der Waals surface area contributed by atoms with Crippen LogP contribution in [0, 0.1) is 0 Å². The van der Waals surface area contributed by atoms with Crippen LogP contribution in [0.2, 0.25) is 0 Å². The molecule has 1 N–H and O–H groups in total. The Labute approximate surface area is 118 Å². The first-order valence-corrected chi connectivity index (χ1v) is 7.04. The number of halogens is 2. The Morgan fingerprint density at radius 2 is 2.06 bits per heavy atom. The fourth-order valence-corrected chi connectivity index (χ4v) is 2.89. The van der Waals surface area contributed by atoms with Gasteiger partial charge in [0, 0.05) is 53.6 Å². The first-order chi connectivity index (χ1) is 8.18. The van der Waals surface area contributed by atoms with Gasteiger partial charge in [-0.25, -0.2) is 0 Å². The number of aliphatic imine (C=N–C) groups is 1. The summed E-state index contributed by atoms with van der Waals surface area (Å²) in [6, 6.07) is 0. The van der Waals surface area contributed by atoms with Crippen molar-refractivity contribution in [2.75, 3.05) is 20.1 Å². The summed E-state index contributed by atoms with van der Waals surface area (Å²) in [4.78, 5) is 10.7. The Balaban J connectivity index is 2.05. The molecule has 2 heterocycles. The smallest absolute Gasteiger partial charge is 0.193 e. The maximum atomic E-state index is 4.47. The number of guanidine groups is 1. The summed E-state index contributed by atoms with van der Waals surface area (Å²) in [5.74, 6) is 0.965. The standard InChI is InChI=1S/C11H14Br2N4/c1-17-4-2-3-15-11(17)16-5-8-9(12)6-14-7-10(8)13/h6-7H,2-5H2,1H3,(H,15,16). The molecule has 0 bridgehead atoms. The van der Waals surface area contributed by atoms with Gasteiger partial charge in [0.05, 0.1) is 0 Å². The van der Waals surface area contributed by atoms with Crippen molar-refractivity contribution in [3.63, 3.8) is 0 Å². The molecule has 2 rings (SSSR count). The SMILES string of the molecule is CN1CCCN=C1NCc1c(Br)cncc1Br. The lowest BCUT2D eigenvalue weighted by Crippen LogP contribution is -2.41. The van der Waals surface area contributed by atoms with E-state index in [1.807, 2.05) is 0 Å². The zero-order valence-electron chi connectivity index (χ0n) is 9.58. The van der Waals surface area contributed by atoms with Crippen LogP contribution in [0.5, 0.6) is 0 Å². The molecule has 0 unspecified atom stereocenters. The monoisotopic (exact) mass is 360 g/mol. The zero-order valence-corrected chi connectivity index (χ0v) is 12.8. The molecule has 0 aliphatic carbocycles. The van der Waals surface area contributed by atoms with Crippen LogP contribution in [-0.4, -0.2) is 36.0 Å². The second-order valence-electron chi connectivity index (χ2n) is 3.92. The third-order valence-electron chi connectivity index (χ3n) is 2.65. The van der Waals surface area contributed by atoms with Crippen molar-refractivity contribution in [2.45, 2.75) is 13.0 Å². The van der Waals surface area contributed by atoms with Crippen LogP contribution >= 0.6 is 31.9 Å². The van der Waals surface area contributed by atoms with E-state index in [1.165, 1.54) is 0 Å². The van der Waals surface area contributed by atoms with E-state index in [1.54, 1.807) is 12.4 Å². The highest BCUT2D eigenvalue weighted by Crippen LogP contribution is 2.23. The van der Waals surface area contributed by atoms with Crippen molar-refractivity contribution in [3.05, 3.63) is 26.9 Å². The summed E-state index contributed by atoms with van der Waals surface area (Å²) >= 11 is 7.00. The van der Waals surface area contributed by atoms with Crippen LogP contribution in [0.25, 0.3) is 0 Å². The third kappa shape index (κ3) is 3.19. The van der Waals surface area contributed by atoms with Gasteiger partial charge in [-0.2, -0.15) is 0 Å². The molecule has 92 valence electrons. The van der Waals surface area contributed by atoms with Crippen molar-refractivity contribution >= 4 is 37.8 Å². The van der Waals surface area contributed by atoms with Crippen molar-refractivity contribution < 1.29 is 0 Å². The maximum Gasteiger partial charge on any atom is 0.193 e. The second-order valence-corrected chi connectivity index (χ2v) is 5.62. The van der Waals surface area contributed by atoms with Gasteiger partial charge < -0.3 is 10.2 Å². The number of nitrogens with one attached hydrogen (secondary N) is 1. The highest BCUT2D eigenvalue weighted by molar-refractivity contribution is 9.11. The Hall–Kier alpha value is -0.620. The minimum atomic E-state index is 0.729. The van der Waals surface area contributed by atoms with Crippen LogP contribution in [0.1, 0.15) is 12.0 Å². The van der Waals surface area contributed by atoms with Gasteiger partial charge in [0.15, 0.2) is 5.96 Å². The number of pyridine rings is 1. The fraction of sp³-hybridized carbons (Fsp3) is 0.455. The molecule has 1 aromatic heterocycles. The van der Waals surface area contributed by atoms with Gasteiger partial charge in [0.1, 0.15) is 0 Å². The molecule has 0 amide bonds. The molecule has 17 heavy (non-hydrogen) atoms. The fourth-order valence-electron chi connectivity index (χ4n) is 1.68. The molecule has 1 aliphatic rings. The summed E-state index contributed by atoms with van der Waals surface area (Å²) in [5, 5.41) is 3.36. The normalized spacial score (nSPS) is 15.7. The Kier molecular flexibility index (Phi) is 4.39. The van der Waals surface area contributed by atoms with Crippen LogP contribution in [0.4, 0.5) is 0 Å². The van der Waals surface area contributed by atoms with E-state index < -0.39 is 0 Å². The highest BCUT2D eigenvalue weighted by Gasteiger charge is 2.12. The van der Waals surface area contributed by atoms with E-state index in [0.29, 0.717) is 0 Å². The number of nitrogens with zero attached hydrogens (tertiary/aromatic N) is 3. The van der Waals surface area contributed by atoms with Crippen molar-refractivity contribution in [2.24, 2.45) is 4.99 Å². The van der Waals surface area contributed by atoms with Crippen LogP contribution in [0.15, 0.2) is 26.3 Å². The zero-order chi connectivity index (χ0) is 12.3. The molecule has 0 saturated carbocycles. The molecule has 0 aromatic carbocycles. The lowest BCUT2D eigenvalue weighted by molar-refractivity contribution is 0.446. The molecule has 0 atom stereocenters. The minimum absolute atomic E-state index is 0.729. The summed E-state index contributed by atoms with van der Waals surface area (Å²) < 4.78 is 2.00. The van der Waals surface area contributed by atoms with Crippen LogP contribution in [0.3, 0.4) is 0 Å². The topological polar surface area (TPSA) is 40.5 Å². The summed E-state index contributed by atoms with van der Waals surface area (Å²) in [6.07, 6.45) is 4.73. The lowest BCUT2D eigenvalue weighted by atomic mass is 10.2. The largest absolute Gasteiger partial charge is 0.352 e. The van der Waals surface area contributed by atoms with Crippen molar-refractivity contribution in [1.82, 2.24) is 15.2 Å². The summed E-state index contributed by atoms with van der Waals surface area (Å²) in [5.41, 5.74) is 1.15. The van der Waals surface area contributed by atoms with Gasteiger partial charge >= 0.3 is 0 Å². The van der Waals surface area contributed by atoms with Gasteiger partial charge in [-0.05, 0) is 38.3 Å². The molecule has 1 aliphatic heterocycles. The first-order valence-electron chi connectivity index (χ1n) is 5.46. The number of hydrogen-bond acceptors (Lipinski definition) is 4. The van der Waals surface area contributed by atoms with E-state index in [2.05, 4.69) is 59.1 Å². The van der Waals surface area contributed by atoms with Crippen molar-refractivity contribution in [1.29, 1.82) is 0 Å². The lowest BCUT2D eigenvalue weighted by Gasteiger charge is -2.25. The average Bonchev–Trinajstić information content (AvgIpc) is 2.30. The van der Waals surface area contributed by atoms with Crippen LogP contribution in [-0.2, 0) is 6.54 Å². The van der Waals surface area contributed by atoms with Gasteiger partial charge in [-0.1, -0.05) is 0 Å². The molecular weight excluding hydrogens is 348 g/mol. The molecule has 1 aromatic rings. The number of rotatable bonds is 2. The Morgan fingerprint density at radius 1 is 1.35 bits per heavy atom. The highest BCUT2D eigenvalue weighted by atomic mass is 79.9. The molecule has 0 radical (unpaired) electrons. The molecule has 0 spiro atoms. The number of hydrogen-bond donors (Lipinski definition) is 1. The summed E-state index contributed by atoms with van der Waals surface area (Å²) in [6.45, 7) is 2.70. The van der Waals surface area contributed by atoms with Gasteiger partial charge in [-0.15, -0.1) is 0 Å². The average molecular weight is 362 g/mol. The molecule has 0 saturated heterocycles. The van der Waals surface area contributed by atoms with Gasteiger partial charge in [-0.3, -0.25) is 9.98 Å².